The summed E-state index contributed by atoms with van der Waals surface area (Å²) in [5.41, 5.74) is 5.51. The van der Waals surface area contributed by atoms with Crippen molar-refractivity contribution < 1.29 is 9.18 Å². The summed E-state index contributed by atoms with van der Waals surface area (Å²) in [4.78, 5) is 12.9. The van der Waals surface area contributed by atoms with Gasteiger partial charge in [0.1, 0.15) is 11.5 Å². The standard InChI is InChI=1S/C23H25FN2O/c1-15(2)19-7-11-21(12-8-19)25-23(27)22-16(3)13-17(4)26(22)14-18-5-9-20(24)10-6-18/h5-13,15H,14H2,1-4H3,(H,25,27). The van der Waals surface area contributed by atoms with Crippen LogP contribution >= 0.6 is 0 Å². The lowest BCUT2D eigenvalue weighted by Crippen LogP contribution is -2.19. The molecular formula is C23H25FN2O. The number of carbonyl (C=O) groups is 1. The van der Waals surface area contributed by atoms with Crippen LogP contribution < -0.4 is 5.32 Å². The highest BCUT2D eigenvalue weighted by Gasteiger charge is 2.18. The Kier molecular flexibility index (Phi) is 5.45. The first-order valence-corrected chi connectivity index (χ1v) is 9.17. The minimum Gasteiger partial charge on any atom is -0.336 e. The van der Waals surface area contributed by atoms with Crippen LogP contribution in [0.2, 0.25) is 0 Å². The molecule has 3 aromatic rings. The molecule has 0 fully saturated rings. The van der Waals surface area contributed by atoms with E-state index in [1.54, 1.807) is 12.1 Å². The maximum atomic E-state index is 13.2. The zero-order valence-electron chi connectivity index (χ0n) is 16.2. The van der Waals surface area contributed by atoms with Crippen molar-refractivity contribution >= 4 is 11.6 Å². The first-order chi connectivity index (χ1) is 12.8. The van der Waals surface area contributed by atoms with Crippen molar-refractivity contribution in [1.29, 1.82) is 0 Å². The summed E-state index contributed by atoms with van der Waals surface area (Å²) in [6, 6.07) is 16.3. The molecule has 0 bridgehead atoms. The minimum absolute atomic E-state index is 0.139. The molecule has 0 unspecified atom stereocenters. The average Bonchev–Trinajstić information content (AvgIpc) is 2.90. The van der Waals surface area contributed by atoms with Gasteiger partial charge in [-0.15, -0.1) is 0 Å². The van der Waals surface area contributed by atoms with Crippen molar-refractivity contribution in [3.63, 3.8) is 0 Å². The van der Waals surface area contributed by atoms with Crippen LogP contribution in [-0.2, 0) is 6.54 Å². The number of rotatable bonds is 5. The summed E-state index contributed by atoms with van der Waals surface area (Å²) in [6.45, 7) is 8.72. The number of hydrogen-bond acceptors (Lipinski definition) is 1. The fourth-order valence-corrected chi connectivity index (χ4v) is 3.27. The van der Waals surface area contributed by atoms with Crippen LogP contribution in [0.5, 0.6) is 0 Å². The molecular weight excluding hydrogens is 339 g/mol. The molecule has 3 rings (SSSR count). The second-order valence-electron chi connectivity index (χ2n) is 7.26. The first kappa shape index (κ1) is 18.9. The quantitative estimate of drug-likeness (QED) is 0.622. The first-order valence-electron chi connectivity index (χ1n) is 9.17. The highest BCUT2D eigenvalue weighted by Crippen LogP contribution is 2.21. The summed E-state index contributed by atoms with van der Waals surface area (Å²) in [6.07, 6.45) is 0. The molecule has 1 N–H and O–H groups in total. The van der Waals surface area contributed by atoms with Crippen LogP contribution in [0.1, 0.15) is 52.6 Å². The van der Waals surface area contributed by atoms with Crippen LogP contribution in [0.25, 0.3) is 0 Å². The Morgan fingerprint density at radius 1 is 1.04 bits per heavy atom. The van der Waals surface area contributed by atoms with Gasteiger partial charge in [-0.3, -0.25) is 4.79 Å². The van der Waals surface area contributed by atoms with E-state index < -0.39 is 0 Å². The number of nitrogens with one attached hydrogen (secondary N) is 1. The van der Waals surface area contributed by atoms with Gasteiger partial charge in [0, 0.05) is 17.9 Å². The topological polar surface area (TPSA) is 34.0 Å². The summed E-state index contributed by atoms with van der Waals surface area (Å²) >= 11 is 0. The van der Waals surface area contributed by atoms with E-state index in [-0.39, 0.29) is 11.7 Å². The molecule has 2 aromatic carbocycles. The maximum Gasteiger partial charge on any atom is 0.272 e. The molecule has 1 heterocycles. The van der Waals surface area contributed by atoms with Crippen LogP contribution in [0.4, 0.5) is 10.1 Å². The second-order valence-corrected chi connectivity index (χ2v) is 7.26. The van der Waals surface area contributed by atoms with Crippen molar-refractivity contribution in [3.8, 4) is 0 Å². The predicted octanol–water partition coefficient (Wildman–Crippen LogP) is 5.67. The van der Waals surface area contributed by atoms with Gasteiger partial charge < -0.3 is 9.88 Å². The zero-order chi connectivity index (χ0) is 19.6. The molecule has 0 spiro atoms. The third kappa shape index (κ3) is 4.27. The Bertz CT molecular complexity index is 938. The summed E-state index contributed by atoms with van der Waals surface area (Å²) in [5.74, 6) is 0.0505. The molecule has 27 heavy (non-hydrogen) atoms. The van der Waals surface area contributed by atoms with Crippen LogP contribution in [0, 0.1) is 19.7 Å². The highest BCUT2D eigenvalue weighted by atomic mass is 19.1. The molecule has 3 nitrogen and oxygen atoms in total. The van der Waals surface area contributed by atoms with Crippen molar-refractivity contribution in [2.75, 3.05) is 5.32 Å². The molecule has 0 aliphatic heterocycles. The van der Waals surface area contributed by atoms with E-state index in [9.17, 15) is 9.18 Å². The number of carbonyl (C=O) groups excluding carboxylic acids is 1. The van der Waals surface area contributed by atoms with Crippen LogP contribution in [0.3, 0.4) is 0 Å². The van der Waals surface area contributed by atoms with Gasteiger partial charge in [-0.25, -0.2) is 4.39 Å². The summed E-state index contributed by atoms with van der Waals surface area (Å²) < 4.78 is 15.1. The predicted molar refractivity (Wildman–Crippen MR) is 108 cm³/mol. The SMILES string of the molecule is Cc1cc(C)n(Cc2ccc(F)cc2)c1C(=O)Nc1ccc(C(C)C)cc1. The van der Waals surface area contributed by atoms with E-state index in [0.717, 1.165) is 22.5 Å². The van der Waals surface area contributed by atoms with E-state index >= 15 is 0 Å². The van der Waals surface area contributed by atoms with Crippen molar-refractivity contribution in [2.45, 2.75) is 40.2 Å². The van der Waals surface area contributed by atoms with Gasteiger partial charge in [-0.05, 0) is 66.8 Å². The van der Waals surface area contributed by atoms with Crippen molar-refractivity contribution in [3.05, 3.63) is 88.5 Å². The smallest absolute Gasteiger partial charge is 0.272 e. The van der Waals surface area contributed by atoms with Crippen LogP contribution in [0.15, 0.2) is 54.6 Å². The Morgan fingerprint density at radius 2 is 1.67 bits per heavy atom. The molecule has 0 saturated carbocycles. The monoisotopic (exact) mass is 364 g/mol. The van der Waals surface area contributed by atoms with E-state index in [1.807, 2.05) is 48.7 Å². The number of aromatic nitrogens is 1. The number of nitrogens with zero attached hydrogens (tertiary/aromatic N) is 1. The Morgan fingerprint density at radius 3 is 2.26 bits per heavy atom. The van der Waals surface area contributed by atoms with E-state index in [1.165, 1.54) is 17.7 Å². The highest BCUT2D eigenvalue weighted by molar-refractivity contribution is 6.04. The molecule has 0 saturated heterocycles. The van der Waals surface area contributed by atoms with Gasteiger partial charge in [-0.2, -0.15) is 0 Å². The summed E-state index contributed by atoms with van der Waals surface area (Å²) in [7, 11) is 0. The summed E-state index contributed by atoms with van der Waals surface area (Å²) in [5, 5.41) is 2.99. The second kappa shape index (κ2) is 7.78. The van der Waals surface area contributed by atoms with Gasteiger partial charge in [0.25, 0.3) is 5.91 Å². The Labute approximate surface area is 159 Å². The number of hydrogen-bond donors (Lipinski definition) is 1. The van der Waals surface area contributed by atoms with Gasteiger partial charge >= 0.3 is 0 Å². The molecule has 0 aliphatic rings. The fourth-order valence-electron chi connectivity index (χ4n) is 3.27. The minimum atomic E-state index is -0.262. The Hall–Kier alpha value is -2.88. The molecule has 0 radical (unpaired) electrons. The molecule has 0 atom stereocenters. The van der Waals surface area contributed by atoms with Gasteiger partial charge in [0.2, 0.25) is 0 Å². The number of aryl methyl sites for hydroxylation is 2. The van der Waals surface area contributed by atoms with E-state index in [0.29, 0.717) is 18.2 Å². The number of benzene rings is 2. The van der Waals surface area contributed by atoms with Gasteiger partial charge in [0.15, 0.2) is 0 Å². The third-order valence-electron chi connectivity index (χ3n) is 4.80. The molecule has 140 valence electrons. The van der Waals surface area contributed by atoms with E-state index in [4.69, 9.17) is 0 Å². The van der Waals surface area contributed by atoms with Gasteiger partial charge in [0.05, 0.1) is 0 Å². The number of anilines is 1. The zero-order valence-corrected chi connectivity index (χ0v) is 16.2. The molecule has 1 amide bonds. The largest absolute Gasteiger partial charge is 0.336 e. The maximum absolute atomic E-state index is 13.2. The Balaban J connectivity index is 1.84. The van der Waals surface area contributed by atoms with Crippen molar-refractivity contribution in [1.82, 2.24) is 4.57 Å². The third-order valence-corrected chi connectivity index (χ3v) is 4.80. The molecule has 0 aliphatic carbocycles. The number of halogens is 1. The van der Waals surface area contributed by atoms with Gasteiger partial charge in [-0.1, -0.05) is 38.1 Å². The fraction of sp³-hybridized carbons (Fsp3) is 0.261. The normalized spacial score (nSPS) is 11.0. The molecule has 1 aromatic heterocycles. The lowest BCUT2D eigenvalue weighted by molar-refractivity contribution is 0.101. The van der Waals surface area contributed by atoms with Crippen LogP contribution in [-0.4, -0.2) is 10.5 Å². The lowest BCUT2D eigenvalue weighted by Gasteiger charge is -2.14. The van der Waals surface area contributed by atoms with E-state index in [2.05, 4.69) is 19.2 Å². The van der Waals surface area contributed by atoms with Crippen molar-refractivity contribution in [2.24, 2.45) is 0 Å². The molecule has 4 heteroatoms. The average molecular weight is 364 g/mol. The lowest BCUT2D eigenvalue weighted by atomic mass is 10.0. The number of amides is 1.